The highest BCUT2D eigenvalue weighted by molar-refractivity contribution is 7.84. The molecule has 1 aromatic heterocycles. The predicted octanol–water partition coefficient (Wildman–Crippen LogP) is 1.32. The van der Waals surface area contributed by atoms with Crippen LogP contribution in [0.1, 0.15) is 31.9 Å². The predicted molar refractivity (Wildman–Crippen MR) is 67.9 cm³/mol. The van der Waals surface area contributed by atoms with Gasteiger partial charge in [0.15, 0.2) is 0 Å². The molecule has 1 rings (SSSR count). The van der Waals surface area contributed by atoms with Gasteiger partial charge in [0.05, 0.1) is 6.20 Å². The lowest BCUT2D eigenvalue weighted by molar-refractivity contribution is 0.569. The number of aromatic nitrogens is 2. The summed E-state index contributed by atoms with van der Waals surface area (Å²) in [7, 11) is -0.679. The minimum atomic E-state index is -0.679. The number of hydrogen-bond acceptors (Lipinski definition) is 3. The first kappa shape index (κ1) is 13.4. The monoisotopic (exact) mass is 243 g/mol. The topological polar surface area (TPSA) is 46.9 Å². The van der Waals surface area contributed by atoms with Crippen molar-refractivity contribution in [3.05, 3.63) is 18.0 Å². The average Bonchev–Trinajstić information content (AvgIpc) is 2.72. The molecule has 1 aromatic rings. The Morgan fingerprint density at radius 1 is 1.62 bits per heavy atom. The fourth-order valence-corrected chi connectivity index (χ4v) is 2.04. The van der Waals surface area contributed by atoms with Gasteiger partial charge < -0.3 is 5.32 Å². The Hall–Kier alpha value is -0.680. The summed E-state index contributed by atoms with van der Waals surface area (Å²) in [6.07, 6.45) is 6.67. The summed E-state index contributed by atoms with van der Waals surface area (Å²) in [4.78, 5) is 0. The Morgan fingerprint density at radius 3 is 2.94 bits per heavy atom. The fourth-order valence-electron chi connectivity index (χ4n) is 1.49. The molecule has 0 fully saturated rings. The first-order valence-corrected chi connectivity index (χ1v) is 7.42. The molecule has 5 heteroatoms. The van der Waals surface area contributed by atoms with Crippen LogP contribution in [-0.4, -0.2) is 32.5 Å². The molecular weight excluding hydrogens is 222 g/mol. The third-order valence-electron chi connectivity index (χ3n) is 2.54. The first-order chi connectivity index (χ1) is 7.63. The normalized spacial score (nSPS) is 14.9. The van der Waals surface area contributed by atoms with E-state index >= 15 is 0 Å². The zero-order valence-electron chi connectivity index (χ0n) is 10.3. The molecule has 1 heterocycles. The molecular formula is C11H21N3OS. The number of rotatable bonds is 7. The number of hydrogen-bond donors (Lipinski definition) is 1. The van der Waals surface area contributed by atoms with Crippen LogP contribution in [0, 0.1) is 0 Å². The highest BCUT2D eigenvalue weighted by Gasteiger charge is 2.06. The summed E-state index contributed by atoms with van der Waals surface area (Å²) in [5, 5.41) is 7.64. The molecule has 0 aromatic carbocycles. The van der Waals surface area contributed by atoms with E-state index in [0.717, 1.165) is 25.3 Å². The summed E-state index contributed by atoms with van der Waals surface area (Å²) < 4.78 is 12.8. The van der Waals surface area contributed by atoms with E-state index in [-0.39, 0.29) is 0 Å². The lowest BCUT2D eigenvalue weighted by Gasteiger charge is -2.11. The summed E-state index contributed by atoms with van der Waals surface area (Å²) >= 11 is 0. The van der Waals surface area contributed by atoms with Crippen LogP contribution in [0.25, 0.3) is 0 Å². The molecule has 0 bridgehead atoms. The maximum absolute atomic E-state index is 10.9. The second kappa shape index (κ2) is 6.81. The molecule has 92 valence electrons. The SMILES string of the molecule is CCn1cc(C(C)NCCCS(C)=O)cn1. The standard InChI is InChI=1S/C11H21N3OS/c1-4-14-9-11(8-13-14)10(2)12-6-5-7-16(3)15/h8-10,12H,4-7H2,1-3H3. The van der Waals surface area contributed by atoms with Crippen LogP contribution >= 0.6 is 0 Å². The van der Waals surface area contributed by atoms with Crippen molar-refractivity contribution in [1.29, 1.82) is 0 Å². The van der Waals surface area contributed by atoms with E-state index in [1.807, 2.05) is 10.9 Å². The zero-order valence-corrected chi connectivity index (χ0v) is 11.1. The third kappa shape index (κ3) is 4.45. The molecule has 0 aliphatic rings. The molecule has 4 nitrogen and oxygen atoms in total. The second-order valence-corrected chi connectivity index (χ2v) is 5.49. The van der Waals surface area contributed by atoms with E-state index in [0.29, 0.717) is 6.04 Å². The molecule has 0 radical (unpaired) electrons. The maximum atomic E-state index is 10.9. The van der Waals surface area contributed by atoms with Crippen LogP contribution in [0.2, 0.25) is 0 Å². The van der Waals surface area contributed by atoms with E-state index in [9.17, 15) is 4.21 Å². The maximum Gasteiger partial charge on any atom is 0.0537 e. The molecule has 0 aliphatic carbocycles. The smallest absolute Gasteiger partial charge is 0.0537 e. The van der Waals surface area contributed by atoms with Crippen molar-refractivity contribution < 1.29 is 4.21 Å². The van der Waals surface area contributed by atoms with Crippen molar-refractivity contribution in [3.8, 4) is 0 Å². The Bertz CT molecular complexity index is 338. The van der Waals surface area contributed by atoms with Gasteiger partial charge in [0, 0.05) is 47.2 Å². The summed E-state index contributed by atoms with van der Waals surface area (Å²) in [5.41, 5.74) is 1.21. The van der Waals surface area contributed by atoms with Gasteiger partial charge >= 0.3 is 0 Å². The summed E-state index contributed by atoms with van der Waals surface area (Å²) in [5.74, 6) is 0.772. The van der Waals surface area contributed by atoms with Gasteiger partial charge in [-0.25, -0.2) is 0 Å². The number of aryl methyl sites for hydroxylation is 1. The van der Waals surface area contributed by atoms with Crippen molar-refractivity contribution in [2.75, 3.05) is 18.6 Å². The van der Waals surface area contributed by atoms with E-state index < -0.39 is 10.8 Å². The van der Waals surface area contributed by atoms with E-state index in [1.165, 1.54) is 5.56 Å². The highest BCUT2D eigenvalue weighted by Crippen LogP contribution is 2.10. The number of nitrogens with zero attached hydrogens (tertiary/aromatic N) is 2. The molecule has 0 saturated heterocycles. The van der Waals surface area contributed by atoms with Gasteiger partial charge in [0.1, 0.15) is 0 Å². The van der Waals surface area contributed by atoms with Gasteiger partial charge in [-0.15, -0.1) is 0 Å². The quantitative estimate of drug-likeness (QED) is 0.735. The van der Waals surface area contributed by atoms with E-state index in [1.54, 1.807) is 6.26 Å². The molecule has 2 atom stereocenters. The van der Waals surface area contributed by atoms with Gasteiger partial charge in [0.2, 0.25) is 0 Å². The summed E-state index contributed by atoms with van der Waals surface area (Å²) in [6.45, 7) is 6.00. The van der Waals surface area contributed by atoms with E-state index in [2.05, 4.69) is 30.5 Å². The van der Waals surface area contributed by atoms with Crippen molar-refractivity contribution in [3.63, 3.8) is 0 Å². The second-order valence-electron chi connectivity index (χ2n) is 3.94. The van der Waals surface area contributed by atoms with Crippen molar-refractivity contribution in [2.24, 2.45) is 0 Å². The van der Waals surface area contributed by atoms with Crippen LogP contribution in [0.4, 0.5) is 0 Å². The van der Waals surface area contributed by atoms with Crippen molar-refractivity contribution in [1.82, 2.24) is 15.1 Å². The van der Waals surface area contributed by atoms with Crippen LogP contribution < -0.4 is 5.32 Å². The Balaban J connectivity index is 2.29. The van der Waals surface area contributed by atoms with Crippen molar-refractivity contribution >= 4 is 10.8 Å². The molecule has 16 heavy (non-hydrogen) atoms. The van der Waals surface area contributed by atoms with Crippen LogP contribution in [0.5, 0.6) is 0 Å². The first-order valence-electron chi connectivity index (χ1n) is 5.69. The lowest BCUT2D eigenvalue weighted by Crippen LogP contribution is -2.20. The van der Waals surface area contributed by atoms with Crippen LogP contribution in [-0.2, 0) is 17.3 Å². The van der Waals surface area contributed by atoms with Gasteiger partial charge in [-0.3, -0.25) is 8.89 Å². The highest BCUT2D eigenvalue weighted by atomic mass is 32.2. The largest absolute Gasteiger partial charge is 0.310 e. The van der Waals surface area contributed by atoms with Gasteiger partial charge in [-0.1, -0.05) is 0 Å². The van der Waals surface area contributed by atoms with Gasteiger partial charge in [-0.2, -0.15) is 5.10 Å². The molecule has 0 spiro atoms. The minimum Gasteiger partial charge on any atom is -0.310 e. The number of nitrogens with one attached hydrogen (secondary N) is 1. The Labute approximate surface area is 99.9 Å². The molecule has 0 amide bonds. The fraction of sp³-hybridized carbons (Fsp3) is 0.727. The molecule has 2 unspecified atom stereocenters. The van der Waals surface area contributed by atoms with E-state index in [4.69, 9.17) is 0 Å². The molecule has 0 saturated carbocycles. The lowest BCUT2D eigenvalue weighted by atomic mass is 10.2. The van der Waals surface area contributed by atoms with Crippen LogP contribution in [0.15, 0.2) is 12.4 Å². The summed E-state index contributed by atoms with van der Waals surface area (Å²) in [6, 6.07) is 0.311. The van der Waals surface area contributed by atoms with Crippen molar-refractivity contribution in [2.45, 2.75) is 32.9 Å². The van der Waals surface area contributed by atoms with Crippen LogP contribution in [0.3, 0.4) is 0 Å². The minimum absolute atomic E-state index is 0.311. The zero-order chi connectivity index (χ0) is 12.0. The Kier molecular flexibility index (Phi) is 5.69. The molecule has 0 aliphatic heterocycles. The Morgan fingerprint density at radius 2 is 2.38 bits per heavy atom. The van der Waals surface area contributed by atoms with Gasteiger partial charge in [-0.05, 0) is 26.8 Å². The molecule has 1 N–H and O–H groups in total. The average molecular weight is 243 g/mol. The van der Waals surface area contributed by atoms with Gasteiger partial charge in [0.25, 0.3) is 0 Å². The third-order valence-corrected chi connectivity index (χ3v) is 3.40.